The van der Waals surface area contributed by atoms with Gasteiger partial charge in [0.1, 0.15) is 5.75 Å². The Hall–Kier alpha value is -1.55. The maximum Gasteiger partial charge on any atom is 0.224 e. The zero-order valence-corrected chi connectivity index (χ0v) is 10.3. The number of aryl methyl sites for hydroxylation is 1. The number of carbonyl (C=O) groups is 1. The molecule has 0 heterocycles. The van der Waals surface area contributed by atoms with E-state index in [9.17, 15) is 4.79 Å². The molecule has 0 aliphatic rings. The molecule has 1 aromatic carbocycles. The van der Waals surface area contributed by atoms with Crippen LogP contribution in [0.5, 0.6) is 5.75 Å². The van der Waals surface area contributed by atoms with Crippen LogP contribution in [0.1, 0.15) is 18.1 Å². The van der Waals surface area contributed by atoms with Crippen molar-refractivity contribution in [3.63, 3.8) is 0 Å². The molecule has 1 aromatic rings. The van der Waals surface area contributed by atoms with E-state index < -0.39 is 0 Å². The van der Waals surface area contributed by atoms with Gasteiger partial charge in [-0.1, -0.05) is 19.1 Å². The van der Waals surface area contributed by atoms with E-state index in [0.29, 0.717) is 13.0 Å². The third-order valence-electron chi connectivity index (χ3n) is 2.52. The van der Waals surface area contributed by atoms with Gasteiger partial charge in [-0.25, -0.2) is 0 Å². The first-order valence-corrected chi connectivity index (χ1v) is 5.74. The van der Waals surface area contributed by atoms with Crippen LogP contribution < -0.4 is 10.1 Å². The van der Waals surface area contributed by atoms with Gasteiger partial charge in [-0.2, -0.15) is 0 Å². The summed E-state index contributed by atoms with van der Waals surface area (Å²) >= 11 is 0. The van der Waals surface area contributed by atoms with Crippen LogP contribution in [0.2, 0.25) is 0 Å². The van der Waals surface area contributed by atoms with Gasteiger partial charge in [0.2, 0.25) is 5.91 Å². The summed E-state index contributed by atoms with van der Waals surface area (Å²) in [7, 11) is 1.64. The van der Waals surface area contributed by atoms with E-state index >= 15 is 0 Å². The predicted octanol–water partition coefficient (Wildman–Crippen LogP) is 0.909. The lowest BCUT2D eigenvalue weighted by Crippen LogP contribution is -2.27. The second kappa shape index (κ2) is 6.91. The van der Waals surface area contributed by atoms with Crippen molar-refractivity contribution in [1.29, 1.82) is 0 Å². The minimum absolute atomic E-state index is 0.0332. The second-order valence-corrected chi connectivity index (χ2v) is 3.75. The van der Waals surface area contributed by atoms with Gasteiger partial charge in [0, 0.05) is 6.54 Å². The van der Waals surface area contributed by atoms with Gasteiger partial charge < -0.3 is 15.2 Å². The average Bonchev–Trinajstić information content (AvgIpc) is 2.36. The molecule has 0 atom stereocenters. The number of aliphatic hydroxyl groups is 1. The van der Waals surface area contributed by atoms with Crippen molar-refractivity contribution in [2.45, 2.75) is 19.8 Å². The first-order chi connectivity index (χ1) is 8.21. The van der Waals surface area contributed by atoms with Gasteiger partial charge in [0.25, 0.3) is 0 Å². The zero-order chi connectivity index (χ0) is 12.7. The summed E-state index contributed by atoms with van der Waals surface area (Å²) in [4.78, 5) is 11.5. The lowest BCUT2D eigenvalue weighted by Gasteiger charge is -2.09. The fourth-order valence-electron chi connectivity index (χ4n) is 1.66. The molecule has 1 rings (SSSR count). The highest BCUT2D eigenvalue weighted by Crippen LogP contribution is 2.20. The van der Waals surface area contributed by atoms with Gasteiger partial charge >= 0.3 is 0 Å². The van der Waals surface area contributed by atoms with Crippen molar-refractivity contribution in [3.05, 3.63) is 29.3 Å². The smallest absolute Gasteiger partial charge is 0.224 e. The number of benzene rings is 1. The van der Waals surface area contributed by atoms with Gasteiger partial charge in [-0.3, -0.25) is 4.79 Å². The summed E-state index contributed by atoms with van der Waals surface area (Å²) in [6, 6.07) is 5.75. The fraction of sp³-hybridized carbons (Fsp3) is 0.462. The molecule has 17 heavy (non-hydrogen) atoms. The standard InChI is InChI=1S/C13H19NO3/c1-3-11-8-10(4-5-12(11)17-2)9-13(16)14-6-7-15/h4-5,8,15H,3,6-7,9H2,1-2H3,(H,14,16). The Morgan fingerprint density at radius 1 is 1.47 bits per heavy atom. The number of hydrogen-bond donors (Lipinski definition) is 2. The molecule has 0 aromatic heterocycles. The molecule has 0 radical (unpaired) electrons. The number of carbonyl (C=O) groups excluding carboxylic acids is 1. The number of aliphatic hydroxyl groups excluding tert-OH is 1. The molecule has 0 aliphatic heterocycles. The first kappa shape index (κ1) is 13.5. The molecule has 0 spiro atoms. The van der Waals surface area contributed by atoms with Crippen LogP contribution in [0, 0.1) is 0 Å². The number of methoxy groups -OCH3 is 1. The van der Waals surface area contributed by atoms with Gasteiger partial charge in [-0.05, 0) is 23.6 Å². The van der Waals surface area contributed by atoms with Crippen LogP contribution in [0.15, 0.2) is 18.2 Å². The highest BCUT2D eigenvalue weighted by Gasteiger charge is 2.06. The second-order valence-electron chi connectivity index (χ2n) is 3.75. The summed E-state index contributed by atoms with van der Waals surface area (Å²) in [5.74, 6) is 0.776. The summed E-state index contributed by atoms with van der Waals surface area (Å²) in [5, 5.41) is 11.2. The first-order valence-electron chi connectivity index (χ1n) is 5.74. The molecular formula is C13H19NO3. The topological polar surface area (TPSA) is 58.6 Å². The van der Waals surface area contributed by atoms with Crippen molar-refractivity contribution >= 4 is 5.91 Å². The normalized spacial score (nSPS) is 10.1. The molecular weight excluding hydrogens is 218 g/mol. The molecule has 4 nitrogen and oxygen atoms in total. The summed E-state index contributed by atoms with van der Waals surface area (Å²) in [6.07, 6.45) is 1.20. The molecule has 0 fully saturated rings. The van der Waals surface area contributed by atoms with Gasteiger partial charge in [-0.15, -0.1) is 0 Å². The number of nitrogens with one attached hydrogen (secondary N) is 1. The number of rotatable bonds is 6. The van der Waals surface area contributed by atoms with E-state index in [1.807, 2.05) is 25.1 Å². The van der Waals surface area contributed by atoms with E-state index in [4.69, 9.17) is 9.84 Å². The molecule has 0 aliphatic carbocycles. The fourth-order valence-corrected chi connectivity index (χ4v) is 1.66. The van der Waals surface area contributed by atoms with Gasteiger partial charge in [0.05, 0.1) is 20.1 Å². The Labute approximate surface area is 102 Å². The van der Waals surface area contributed by atoms with Crippen molar-refractivity contribution in [3.8, 4) is 5.75 Å². The Morgan fingerprint density at radius 2 is 2.24 bits per heavy atom. The molecule has 0 saturated heterocycles. The zero-order valence-electron chi connectivity index (χ0n) is 10.3. The Bertz CT molecular complexity index is 377. The highest BCUT2D eigenvalue weighted by molar-refractivity contribution is 5.78. The molecule has 2 N–H and O–H groups in total. The highest BCUT2D eigenvalue weighted by atomic mass is 16.5. The minimum Gasteiger partial charge on any atom is -0.496 e. The van der Waals surface area contributed by atoms with E-state index in [-0.39, 0.29) is 12.5 Å². The maximum atomic E-state index is 11.5. The van der Waals surface area contributed by atoms with Gasteiger partial charge in [0.15, 0.2) is 0 Å². The van der Waals surface area contributed by atoms with E-state index in [1.165, 1.54) is 0 Å². The third kappa shape index (κ3) is 4.07. The predicted molar refractivity (Wildman–Crippen MR) is 66.2 cm³/mol. The van der Waals surface area contributed by atoms with E-state index in [2.05, 4.69) is 5.32 Å². The molecule has 0 saturated carbocycles. The molecule has 1 amide bonds. The van der Waals surface area contributed by atoms with Crippen molar-refractivity contribution in [1.82, 2.24) is 5.32 Å². The van der Waals surface area contributed by atoms with Crippen molar-refractivity contribution in [2.75, 3.05) is 20.3 Å². The number of amides is 1. The molecule has 94 valence electrons. The largest absolute Gasteiger partial charge is 0.496 e. The Balaban J connectivity index is 2.68. The van der Waals surface area contributed by atoms with Crippen LogP contribution in [-0.4, -0.2) is 31.3 Å². The van der Waals surface area contributed by atoms with E-state index in [0.717, 1.165) is 23.3 Å². The summed E-state index contributed by atoms with van der Waals surface area (Å²) in [5.41, 5.74) is 2.05. The van der Waals surface area contributed by atoms with Crippen LogP contribution in [0.25, 0.3) is 0 Å². The maximum absolute atomic E-state index is 11.5. The van der Waals surface area contributed by atoms with Crippen molar-refractivity contribution in [2.24, 2.45) is 0 Å². The molecule has 4 heteroatoms. The van der Waals surface area contributed by atoms with Crippen LogP contribution >= 0.6 is 0 Å². The molecule has 0 bridgehead atoms. The van der Waals surface area contributed by atoms with Crippen LogP contribution in [0.4, 0.5) is 0 Å². The average molecular weight is 237 g/mol. The van der Waals surface area contributed by atoms with Crippen molar-refractivity contribution < 1.29 is 14.6 Å². The monoisotopic (exact) mass is 237 g/mol. The number of ether oxygens (including phenoxy) is 1. The lowest BCUT2D eigenvalue weighted by molar-refractivity contribution is -0.120. The van der Waals surface area contributed by atoms with Crippen LogP contribution in [-0.2, 0) is 17.6 Å². The third-order valence-corrected chi connectivity index (χ3v) is 2.52. The summed E-state index contributed by atoms with van der Waals surface area (Å²) in [6.45, 7) is 2.32. The lowest BCUT2D eigenvalue weighted by atomic mass is 10.0. The van der Waals surface area contributed by atoms with Crippen LogP contribution in [0.3, 0.4) is 0 Å². The Kier molecular flexibility index (Phi) is 5.49. The summed E-state index contributed by atoms with van der Waals surface area (Å²) < 4.78 is 5.23. The number of hydrogen-bond acceptors (Lipinski definition) is 3. The quantitative estimate of drug-likeness (QED) is 0.773. The molecule has 0 unspecified atom stereocenters. The minimum atomic E-state index is -0.0775. The Morgan fingerprint density at radius 3 is 2.82 bits per heavy atom. The van der Waals surface area contributed by atoms with E-state index in [1.54, 1.807) is 7.11 Å². The SMILES string of the molecule is CCc1cc(CC(=O)NCCO)ccc1OC.